The maximum absolute atomic E-state index is 11.6. The number of hydrogen-bond acceptors (Lipinski definition) is 5. The van der Waals surface area contributed by atoms with Gasteiger partial charge in [0.2, 0.25) is 0 Å². The molecule has 1 aliphatic rings. The zero-order valence-corrected chi connectivity index (χ0v) is 14.9. The third-order valence-electron chi connectivity index (χ3n) is 4.58. The summed E-state index contributed by atoms with van der Waals surface area (Å²) in [5.41, 5.74) is 4.03. The number of aldehydes is 1. The van der Waals surface area contributed by atoms with E-state index in [1.807, 2.05) is 54.6 Å². The van der Waals surface area contributed by atoms with Crippen LogP contribution in [0.15, 0.2) is 60.8 Å². The summed E-state index contributed by atoms with van der Waals surface area (Å²) in [6.45, 7) is 0.774. The fraction of sp³-hybridized carbons (Fsp3) is 0.182. The average molecular weight is 361 g/mol. The van der Waals surface area contributed by atoms with Crippen LogP contribution in [-0.4, -0.2) is 18.4 Å². The number of carbonyl (C=O) groups excluding carboxylic acids is 1. The van der Waals surface area contributed by atoms with Gasteiger partial charge in [0.15, 0.2) is 12.0 Å². The number of methoxy groups -OCH3 is 1. The Morgan fingerprint density at radius 2 is 2.04 bits per heavy atom. The molecular weight excluding hydrogens is 342 g/mol. The van der Waals surface area contributed by atoms with E-state index in [9.17, 15) is 4.79 Å². The van der Waals surface area contributed by atoms with Crippen LogP contribution in [0.3, 0.4) is 0 Å². The van der Waals surface area contributed by atoms with Gasteiger partial charge in [0.1, 0.15) is 24.2 Å². The maximum atomic E-state index is 11.6. The summed E-state index contributed by atoms with van der Waals surface area (Å²) in [7, 11) is 1.63. The Balaban J connectivity index is 1.73. The van der Waals surface area contributed by atoms with Crippen molar-refractivity contribution in [2.24, 2.45) is 0 Å². The molecule has 1 unspecified atom stereocenters. The number of carbonyl (C=O) groups is 1. The number of nitrogens with zero attached hydrogens (tertiary/aromatic N) is 1. The van der Waals surface area contributed by atoms with Crippen molar-refractivity contribution in [3.8, 4) is 11.5 Å². The first-order valence-corrected chi connectivity index (χ1v) is 8.69. The van der Waals surface area contributed by atoms with Gasteiger partial charge in [-0.1, -0.05) is 42.5 Å². The van der Waals surface area contributed by atoms with Crippen molar-refractivity contribution in [1.29, 1.82) is 0 Å². The molecule has 0 fully saturated rings. The summed E-state index contributed by atoms with van der Waals surface area (Å²) in [6.07, 6.45) is 2.08. The number of fused-ring (bicyclic) bond motifs is 1. The number of benzene rings is 2. The zero-order valence-electron chi connectivity index (χ0n) is 14.9. The minimum atomic E-state index is -0.331. The summed E-state index contributed by atoms with van der Waals surface area (Å²) < 4.78 is 17.4. The van der Waals surface area contributed by atoms with Crippen molar-refractivity contribution in [2.75, 3.05) is 7.11 Å². The Morgan fingerprint density at radius 3 is 2.81 bits per heavy atom. The molecule has 0 spiro atoms. The van der Waals surface area contributed by atoms with Gasteiger partial charge in [-0.25, -0.2) is 4.98 Å². The van der Waals surface area contributed by atoms with Crippen LogP contribution in [0.5, 0.6) is 11.5 Å². The zero-order chi connectivity index (χ0) is 18.6. The van der Waals surface area contributed by atoms with Gasteiger partial charge < -0.3 is 14.2 Å². The highest BCUT2D eigenvalue weighted by molar-refractivity contribution is 5.78. The highest BCUT2D eigenvalue weighted by Gasteiger charge is 2.31. The van der Waals surface area contributed by atoms with Gasteiger partial charge in [0.25, 0.3) is 0 Å². The Morgan fingerprint density at radius 1 is 1.19 bits per heavy atom. The van der Waals surface area contributed by atoms with E-state index in [4.69, 9.17) is 14.2 Å². The topological polar surface area (TPSA) is 57.7 Å². The first-order chi connectivity index (χ1) is 13.3. The van der Waals surface area contributed by atoms with Gasteiger partial charge in [-0.05, 0) is 23.3 Å². The number of ether oxygens (including phenoxy) is 3. The van der Waals surface area contributed by atoms with Crippen LogP contribution in [0, 0.1) is 0 Å². The molecule has 136 valence electrons. The smallest absolute Gasteiger partial charge is 0.172 e. The van der Waals surface area contributed by atoms with Gasteiger partial charge in [0, 0.05) is 17.3 Å². The molecule has 27 heavy (non-hydrogen) atoms. The van der Waals surface area contributed by atoms with Crippen LogP contribution in [0.2, 0.25) is 0 Å². The summed E-state index contributed by atoms with van der Waals surface area (Å²) >= 11 is 0. The van der Waals surface area contributed by atoms with Crippen LogP contribution in [0.4, 0.5) is 0 Å². The third-order valence-corrected chi connectivity index (χ3v) is 4.58. The number of pyridine rings is 1. The highest BCUT2D eigenvalue weighted by Crippen LogP contribution is 2.43. The molecule has 1 atom stereocenters. The molecule has 0 aliphatic carbocycles. The van der Waals surface area contributed by atoms with E-state index in [0.717, 1.165) is 34.3 Å². The number of aromatic nitrogens is 1. The van der Waals surface area contributed by atoms with Crippen molar-refractivity contribution in [1.82, 2.24) is 4.98 Å². The summed E-state index contributed by atoms with van der Waals surface area (Å²) in [5, 5.41) is 0. The van der Waals surface area contributed by atoms with Gasteiger partial charge in [0.05, 0.1) is 13.7 Å². The van der Waals surface area contributed by atoms with Crippen molar-refractivity contribution in [3.05, 3.63) is 88.7 Å². The standard InChI is InChI=1S/C22H19NO4/c1-25-18-9-5-8-16(10-18)21-20-17(14-27-21)11-23-19(12-24)22(20)26-13-15-6-3-2-4-7-15/h2-12,21H,13-14H2,1H3. The fourth-order valence-corrected chi connectivity index (χ4v) is 3.25. The van der Waals surface area contributed by atoms with Crippen molar-refractivity contribution < 1.29 is 19.0 Å². The first kappa shape index (κ1) is 17.2. The summed E-state index contributed by atoms with van der Waals surface area (Å²) in [6, 6.07) is 17.5. The molecule has 0 saturated heterocycles. The Hall–Kier alpha value is -3.18. The monoisotopic (exact) mass is 361 g/mol. The van der Waals surface area contributed by atoms with Crippen LogP contribution in [-0.2, 0) is 18.0 Å². The van der Waals surface area contributed by atoms with E-state index in [0.29, 0.717) is 19.0 Å². The van der Waals surface area contributed by atoms with Crippen molar-refractivity contribution in [3.63, 3.8) is 0 Å². The van der Waals surface area contributed by atoms with E-state index in [1.165, 1.54) is 0 Å². The second kappa shape index (κ2) is 7.60. The Bertz CT molecular complexity index is 956. The molecule has 1 aromatic heterocycles. The molecule has 0 saturated carbocycles. The molecule has 4 rings (SSSR count). The largest absolute Gasteiger partial charge is 0.497 e. The lowest BCUT2D eigenvalue weighted by Crippen LogP contribution is -2.07. The quantitative estimate of drug-likeness (QED) is 0.619. The minimum absolute atomic E-state index is 0.281. The minimum Gasteiger partial charge on any atom is -0.497 e. The molecule has 3 aromatic rings. The summed E-state index contributed by atoms with van der Waals surface area (Å²) in [5.74, 6) is 1.23. The molecule has 0 amide bonds. The van der Waals surface area contributed by atoms with Crippen LogP contribution < -0.4 is 9.47 Å². The summed E-state index contributed by atoms with van der Waals surface area (Å²) in [4.78, 5) is 15.8. The SMILES string of the molecule is COc1cccc(C2OCc3cnc(C=O)c(OCc4ccccc4)c32)c1. The van der Waals surface area contributed by atoms with Gasteiger partial charge in [-0.2, -0.15) is 0 Å². The number of hydrogen-bond donors (Lipinski definition) is 0. The third kappa shape index (κ3) is 3.41. The van der Waals surface area contributed by atoms with Crippen LogP contribution >= 0.6 is 0 Å². The Kier molecular flexibility index (Phi) is 4.85. The molecule has 5 heteroatoms. The predicted octanol–water partition coefficient (Wildman–Crippen LogP) is 4.10. The maximum Gasteiger partial charge on any atom is 0.172 e. The lowest BCUT2D eigenvalue weighted by atomic mass is 9.98. The van der Waals surface area contributed by atoms with E-state index in [-0.39, 0.29) is 11.8 Å². The van der Waals surface area contributed by atoms with E-state index in [2.05, 4.69) is 4.98 Å². The van der Waals surface area contributed by atoms with Crippen molar-refractivity contribution in [2.45, 2.75) is 19.3 Å². The average Bonchev–Trinajstić information content (AvgIpc) is 3.17. The van der Waals surface area contributed by atoms with E-state index < -0.39 is 0 Å². The molecule has 0 radical (unpaired) electrons. The molecule has 0 bridgehead atoms. The van der Waals surface area contributed by atoms with Crippen LogP contribution in [0.25, 0.3) is 0 Å². The Labute approximate surface area is 157 Å². The van der Waals surface area contributed by atoms with E-state index >= 15 is 0 Å². The first-order valence-electron chi connectivity index (χ1n) is 8.69. The molecule has 2 heterocycles. The normalized spacial score (nSPS) is 15.2. The predicted molar refractivity (Wildman–Crippen MR) is 100 cm³/mol. The van der Waals surface area contributed by atoms with Gasteiger partial charge in [-0.15, -0.1) is 0 Å². The number of rotatable bonds is 6. The second-order valence-corrected chi connectivity index (χ2v) is 6.27. The molecular formula is C22H19NO4. The van der Waals surface area contributed by atoms with Gasteiger partial charge in [-0.3, -0.25) is 4.79 Å². The second-order valence-electron chi connectivity index (χ2n) is 6.27. The molecule has 2 aromatic carbocycles. The molecule has 0 N–H and O–H groups in total. The van der Waals surface area contributed by atoms with E-state index in [1.54, 1.807) is 13.3 Å². The van der Waals surface area contributed by atoms with Crippen LogP contribution in [0.1, 0.15) is 38.8 Å². The highest BCUT2D eigenvalue weighted by atomic mass is 16.5. The fourth-order valence-electron chi connectivity index (χ4n) is 3.25. The van der Waals surface area contributed by atoms with Crippen molar-refractivity contribution >= 4 is 6.29 Å². The molecule has 5 nitrogen and oxygen atoms in total. The molecule has 1 aliphatic heterocycles. The lowest BCUT2D eigenvalue weighted by Gasteiger charge is -2.17. The van der Waals surface area contributed by atoms with Gasteiger partial charge >= 0.3 is 0 Å². The lowest BCUT2D eigenvalue weighted by molar-refractivity contribution is 0.0920.